The van der Waals surface area contributed by atoms with Gasteiger partial charge < -0.3 is 0 Å². The van der Waals surface area contributed by atoms with Crippen LogP contribution < -0.4 is 0 Å². The van der Waals surface area contributed by atoms with Crippen LogP contribution in [0.2, 0.25) is 0 Å². The minimum atomic E-state index is 0.730. The molecule has 2 aromatic heterocycles. The van der Waals surface area contributed by atoms with Gasteiger partial charge in [-0.25, -0.2) is 4.98 Å². The predicted octanol–water partition coefficient (Wildman–Crippen LogP) is 5.51. The van der Waals surface area contributed by atoms with E-state index in [1.165, 1.54) is 20.2 Å². The smallest absolute Gasteiger partial charge is 0.181 e. The monoisotopic (exact) mass is 327 g/mol. The van der Waals surface area contributed by atoms with Gasteiger partial charge in [0.25, 0.3) is 0 Å². The third-order valence-electron chi connectivity index (χ3n) is 4.17. The van der Waals surface area contributed by atoms with Gasteiger partial charge in [0.05, 0.1) is 0 Å². The predicted molar refractivity (Wildman–Crippen MR) is 100 cm³/mol. The Labute approximate surface area is 142 Å². The van der Waals surface area contributed by atoms with E-state index in [9.17, 15) is 0 Å². The highest BCUT2D eigenvalue weighted by Crippen LogP contribution is 2.35. The number of thiophene rings is 1. The van der Waals surface area contributed by atoms with Gasteiger partial charge in [0.15, 0.2) is 11.6 Å². The molecule has 2 heterocycles. The maximum absolute atomic E-state index is 4.65. The Balaban J connectivity index is 1.62. The standard InChI is InChI=1S/C20H13N3S/c1-2-6-13(7-3-1)19-21-20(23-22-19)14-10-11-16-15-8-4-5-9-17(15)24-18(16)12-14/h1-12H,(H,21,22,23). The van der Waals surface area contributed by atoms with E-state index in [0.29, 0.717) is 0 Å². The van der Waals surface area contributed by atoms with Gasteiger partial charge in [-0.1, -0.05) is 60.7 Å². The lowest BCUT2D eigenvalue weighted by molar-refractivity contribution is 1.10. The molecule has 0 unspecified atom stereocenters. The first kappa shape index (κ1) is 13.5. The van der Waals surface area contributed by atoms with Crippen LogP contribution in [0.4, 0.5) is 0 Å². The number of nitrogens with zero attached hydrogens (tertiary/aromatic N) is 2. The van der Waals surface area contributed by atoms with Gasteiger partial charge in [-0.3, -0.25) is 5.10 Å². The van der Waals surface area contributed by atoms with Crippen molar-refractivity contribution in [1.82, 2.24) is 15.2 Å². The quantitative estimate of drug-likeness (QED) is 0.465. The molecule has 0 atom stereocenters. The molecule has 114 valence electrons. The third kappa shape index (κ3) is 2.12. The van der Waals surface area contributed by atoms with Crippen LogP contribution in [0.5, 0.6) is 0 Å². The summed E-state index contributed by atoms with van der Waals surface area (Å²) in [5.41, 5.74) is 2.08. The summed E-state index contributed by atoms with van der Waals surface area (Å²) in [6, 6.07) is 25.0. The molecule has 0 amide bonds. The molecule has 0 radical (unpaired) electrons. The van der Waals surface area contributed by atoms with E-state index in [2.05, 4.69) is 57.6 Å². The van der Waals surface area contributed by atoms with Crippen LogP contribution in [0.3, 0.4) is 0 Å². The highest BCUT2D eigenvalue weighted by Gasteiger charge is 2.10. The van der Waals surface area contributed by atoms with Crippen LogP contribution in [0.25, 0.3) is 42.9 Å². The Hall–Kier alpha value is -2.98. The zero-order valence-electron chi connectivity index (χ0n) is 12.7. The van der Waals surface area contributed by atoms with Gasteiger partial charge >= 0.3 is 0 Å². The maximum atomic E-state index is 4.65. The zero-order chi connectivity index (χ0) is 15.9. The van der Waals surface area contributed by atoms with E-state index in [1.807, 2.05) is 41.7 Å². The molecular formula is C20H13N3S. The van der Waals surface area contributed by atoms with Crippen LogP contribution in [-0.4, -0.2) is 15.2 Å². The average Bonchev–Trinajstić information content (AvgIpc) is 3.27. The molecule has 4 heteroatoms. The van der Waals surface area contributed by atoms with Crippen molar-refractivity contribution in [2.24, 2.45) is 0 Å². The van der Waals surface area contributed by atoms with Crippen LogP contribution in [0.15, 0.2) is 72.8 Å². The summed E-state index contributed by atoms with van der Waals surface area (Å²) in [7, 11) is 0. The highest BCUT2D eigenvalue weighted by atomic mass is 32.1. The van der Waals surface area contributed by atoms with Crippen molar-refractivity contribution >= 4 is 31.5 Å². The van der Waals surface area contributed by atoms with Gasteiger partial charge in [0, 0.05) is 31.3 Å². The van der Waals surface area contributed by atoms with Crippen molar-refractivity contribution in [2.75, 3.05) is 0 Å². The third-order valence-corrected chi connectivity index (χ3v) is 5.30. The first-order valence-corrected chi connectivity index (χ1v) is 8.60. The molecule has 5 rings (SSSR count). The number of fused-ring (bicyclic) bond motifs is 3. The molecule has 0 saturated heterocycles. The lowest BCUT2D eigenvalue weighted by atomic mass is 10.1. The van der Waals surface area contributed by atoms with Crippen molar-refractivity contribution in [1.29, 1.82) is 0 Å². The molecule has 3 nitrogen and oxygen atoms in total. The SMILES string of the molecule is c1ccc(-c2nc(-c3ccc4c(c3)sc3ccccc34)n[nH]2)cc1. The summed E-state index contributed by atoms with van der Waals surface area (Å²) in [4.78, 5) is 4.65. The van der Waals surface area contributed by atoms with Crippen molar-refractivity contribution in [3.8, 4) is 22.8 Å². The average molecular weight is 327 g/mol. The Kier molecular flexibility index (Phi) is 2.96. The minimum Gasteiger partial charge on any atom is -0.259 e. The number of hydrogen-bond donors (Lipinski definition) is 1. The van der Waals surface area contributed by atoms with Gasteiger partial charge in [-0.2, -0.15) is 5.10 Å². The molecule has 1 N–H and O–H groups in total. The van der Waals surface area contributed by atoms with Crippen molar-refractivity contribution in [3.05, 3.63) is 72.8 Å². The second-order valence-electron chi connectivity index (χ2n) is 5.68. The van der Waals surface area contributed by atoms with Crippen LogP contribution in [0, 0.1) is 0 Å². The Morgan fingerprint density at radius 2 is 1.50 bits per heavy atom. The molecule has 0 spiro atoms. The lowest BCUT2D eigenvalue weighted by Crippen LogP contribution is -1.81. The molecule has 0 fully saturated rings. The van der Waals surface area contributed by atoms with E-state index in [4.69, 9.17) is 0 Å². The molecule has 0 saturated carbocycles. The van der Waals surface area contributed by atoms with E-state index in [1.54, 1.807) is 0 Å². The number of H-pyrrole nitrogens is 1. The number of nitrogens with one attached hydrogen (secondary N) is 1. The van der Waals surface area contributed by atoms with Crippen LogP contribution in [0.1, 0.15) is 0 Å². The molecule has 3 aromatic carbocycles. The summed E-state index contributed by atoms with van der Waals surface area (Å²) in [6.07, 6.45) is 0. The molecule has 0 bridgehead atoms. The fourth-order valence-corrected chi connectivity index (χ4v) is 4.13. The number of aromatic amines is 1. The minimum absolute atomic E-state index is 0.730. The Morgan fingerprint density at radius 3 is 2.42 bits per heavy atom. The second kappa shape index (κ2) is 5.28. The normalized spacial score (nSPS) is 11.3. The largest absolute Gasteiger partial charge is 0.259 e. The molecule has 24 heavy (non-hydrogen) atoms. The summed E-state index contributed by atoms with van der Waals surface area (Å²) >= 11 is 1.81. The van der Waals surface area contributed by atoms with Crippen molar-refractivity contribution in [3.63, 3.8) is 0 Å². The fraction of sp³-hybridized carbons (Fsp3) is 0. The molecular weight excluding hydrogens is 314 g/mol. The molecule has 5 aromatic rings. The molecule has 0 aliphatic heterocycles. The van der Waals surface area contributed by atoms with Crippen molar-refractivity contribution in [2.45, 2.75) is 0 Å². The van der Waals surface area contributed by atoms with Crippen LogP contribution in [-0.2, 0) is 0 Å². The fourth-order valence-electron chi connectivity index (χ4n) is 2.98. The molecule has 0 aliphatic rings. The van der Waals surface area contributed by atoms with Gasteiger partial charge in [-0.15, -0.1) is 11.3 Å². The lowest BCUT2D eigenvalue weighted by Gasteiger charge is -1.96. The van der Waals surface area contributed by atoms with Crippen molar-refractivity contribution < 1.29 is 0 Å². The Bertz CT molecular complexity index is 1160. The maximum Gasteiger partial charge on any atom is 0.181 e. The zero-order valence-corrected chi connectivity index (χ0v) is 13.5. The Morgan fingerprint density at radius 1 is 0.708 bits per heavy atom. The summed E-state index contributed by atoms with van der Waals surface area (Å²) in [5, 5.41) is 10.0. The summed E-state index contributed by atoms with van der Waals surface area (Å²) in [6.45, 7) is 0. The van der Waals surface area contributed by atoms with E-state index in [-0.39, 0.29) is 0 Å². The number of hydrogen-bond acceptors (Lipinski definition) is 3. The van der Waals surface area contributed by atoms with E-state index < -0.39 is 0 Å². The first-order valence-electron chi connectivity index (χ1n) is 7.78. The number of rotatable bonds is 2. The summed E-state index contributed by atoms with van der Waals surface area (Å²) < 4.78 is 2.57. The summed E-state index contributed by atoms with van der Waals surface area (Å²) in [5.74, 6) is 1.52. The topological polar surface area (TPSA) is 41.6 Å². The van der Waals surface area contributed by atoms with Gasteiger partial charge in [-0.05, 0) is 12.1 Å². The van der Waals surface area contributed by atoms with Crippen LogP contribution >= 0.6 is 11.3 Å². The second-order valence-corrected chi connectivity index (χ2v) is 6.77. The molecule has 0 aliphatic carbocycles. The number of aromatic nitrogens is 3. The van der Waals surface area contributed by atoms with Gasteiger partial charge in [0.1, 0.15) is 0 Å². The van der Waals surface area contributed by atoms with E-state index in [0.717, 1.165) is 22.8 Å². The van der Waals surface area contributed by atoms with Gasteiger partial charge in [0.2, 0.25) is 0 Å². The number of benzene rings is 3. The first-order chi connectivity index (χ1) is 11.9. The highest BCUT2D eigenvalue weighted by molar-refractivity contribution is 7.25. The van der Waals surface area contributed by atoms with E-state index >= 15 is 0 Å².